The van der Waals surface area contributed by atoms with E-state index >= 15 is 0 Å². The largest absolute Gasteiger partial charge is 0.327 e. The van der Waals surface area contributed by atoms with Gasteiger partial charge in [0.1, 0.15) is 5.82 Å². The van der Waals surface area contributed by atoms with Crippen molar-refractivity contribution in [1.29, 1.82) is 0 Å². The van der Waals surface area contributed by atoms with Crippen LogP contribution in [0.1, 0.15) is 0 Å². The lowest BCUT2D eigenvalue weighted by molar-refractivity contribution is 0.961. The molecule has 0 bridgehead atoms. The number of imidazole rings is 1. The zero-order valence-electron chi connectivity index (χ0n) is 14.4. The Hall–Kier alpha value is -3.39. The topological polar surface area (TPSA) is 17.8 Å². The summed E-state index contributed by atoms with van der Waals surface area (Å²) in [5.41, 5.74) is 8.70. The van der Waals surface area contributed by atoms with E-state index in [0.29, 0.717) is 0 Å². The van der Waals surface area contributed by atoms with E-state index in [1.165, 1.54) is 38.6 Å². The molecule has 0 amide bonds. The lowest BCUT2D eigenvalue weighted by Crippen LogP contribution is -1.93. The molecular weight excluding hydrogens is 316 g/mol. The van der Waals surface area contributed by atoms with Crippen molar-refractivity contribution in [3.8, 4) is 33.6 Å². The minimum atomic E-state index is 1.02. The second-order valence-electron chi connectivity index (χ2n) is 6.92. The number of rotatable bonds is 1. The number of aryl methyl sites for hydroxylation is 1. The van der Waals surface area contributed by atoms with Gasteiger partial charge in [-0.15, -0.1) is 0 Å². The van der Waals surface area contributed by atoms with Gasteiger partial charge in [-0.05, 0) is 51.2 Å². The summed E-state index contributed by atoms with van der Waals surface area (Å²) in [5.74, 6) is 1.02. The summed E-state index contributed by atoms with van der Waals surface area (Å²) in [6.07, 6.45) is 0. The average molecular weight is 332 g/mol. The van der Waals surface area contributed by atoms with Crippen LogP contribution in [-0.2, 0) is 7.05 Å². The predicted molar refractivity (Wildman–Crippen MR) is 108 cm³/mol. The second kappa shape index (κ2) is 4.83. The van der Waals surface area contributed by atoms with Crippen LogP contribution in [0.15, 0.2) is 78.9 Å². The summed E-state index contributed by atoms with van der Waals surface area (Å²) in [7, 11) is 2.10. The molecule has 0 saturated heterocycles. The van der Waals surface area contributed by atoms with Gasteiger partial charge in [0.05, 0.1) is 11.0 Å². The molecule has 0 unspecified atom stereocenters. The van der Waals surface area contributed by atoms with Gasteiger partial charge in [-0.1, -0.05) is 60.7 Å². The van der Waals surface area contributed by atoms with E-state index in [9.17, 15) is 0 Å². The minimum Gasteiger partial charge on any atom is -0.327 e. The van der Waals surface area contributed by atoms with Gasteiger partial charge in [0.2, 0.25) is 0 Å². The van der Waals surface area contributed by atoms with Gasteiger partial charge in [-0.3, -0.25) is 0 Å². The normalized spacial score (nSPS) is 12.0. The number of aromatic nitrogens is 2. The molecular formula is C24H16N2. The molecule has 0 spiro atoms. The zero-order chi connectivity index (χ0) is 17.3. The zero-order valence-corrected chi connectivity index (χ0v) is 14.4. The average Bonchev–Trinajstić information content (AvgIpc) is 3.20. The molecule has 6 rings (SSSR count). The third-order valence-corrected chi connectivity index (χ3v) is 5.58. The summed E-state index contributed by atoms with van der Waals surface area (Å²) in [5, 5.41) is 2.62. The Bertz CT molecular complexity index is 1310. The lowest BCUT2D eigenvalue weighted by Gasteiger charge is -2.09. The molecule has 26 heavy (non-hydrogen) atoms. The molecule has 4 aromatic carbocycles. The summed E-state index contributed by atoms with van der Waals surface area (Å²) in [6.45, 7) is 0. The number of hydrogen-bond donors (Lipinski definition) is 0. The summed E-state index contributed by atoms with van der Waals surface area (Å²) in [4.78, 5) is 4.92. The number of para-hydroxylation sites is 2. The number of benzene rings is 4. The standard InChI is InChI=1S/C24H16N2/c1-26-22-12-5-4-11-21(22)25-24(26)20-14-13-19-16-8-3-2-7-15(16)17-9-6-10-18(20)23(17)19/h2-14H,1H3. The van der Waals surface area contributed by atoms with Crippen LogP contribution < -0.4 is 0 Å². The van der Waals surface area contributed by atoms with E-state index < -0.39 is 0 Å². The Morgan fingerprint density at radius 3 is 2.08 bits per heavy atom. The van der Waals surface area contributed by atoms with Crippen molar-refractivity contribution in [2.75, 3.05) is 0 Å². The van der Waals surface area contributed by atoms with Crippen LogP contribution in [0.25, 0.3) is 55.4 Å². The monoisotopic (exact) mass is 332 g/mol. The maximum Gasteiger partial charge on any atom is 0.141 e. The molecule has 1 heterocycles. The van der Waals surface area contributed by atoms with Crippen LogP contribution in [0.5, 0.6) is 0 Å². The Morgan fingerprint density at radius 1 is 0.615 bits per heavy atom. The first kappa shape index (κ1) is 13.9. The Morgan fingerprint density at radius 2 is 1.27 bits per heavy atom. The van der Waals surface area contributed by atoms with Crippen LogP contribution in [0, 0.1) is 0 Å². The van der Waals surface area contributed by atoms with Gasteiger partial charge >= 0.3 is 0 Å². The quantitative estimate of drug-likeness (QED) is 0.359. The van der Waals surface area contributed by atoms with Gasteiger partial charge in [0.15, 0.2) is 0 Å². The lowest BCUT2D eigenvalue weighted by atomic mass is 9.98. The van der Waals surface area contributed by atoms with Crippen molar-refractivity contribution in [3.05, 3.63) is 78.9 Å². The number of nitrogens with zero attached hydrogens (tertiary/aromatic N) is 2. The molecule has 0 N–H and O–H groups in total. The van der Waals surface area contributed by atoms with Crippen molar-refractivity contribution in [2.45, 2.75) is 0 Å². The Balaban J connectivity index is 1.73. The van der Waals surface area contributed by atoms with E-state index in [0.717, 1.165) is 16.9 Å². The fourth-order valence-corrected chi connectivity index (χ4v) is 4.39. The number of fused-ring (bicyclic) bond motifs is 4. The fraction of sp³-hybridized carbons (Fsp3) is 0.0417. The molecule has 5 aromatic rings. The summed E-state index contributed by atoms with van der Waals surface area (Å²) < 4.78 is 2.20. The molecule has 2 nitrogen and oxygen atoms in total. The smallest absolute Gasteiger partial charge is 0.141 e. The molecule has 0 atom stereocenters. The fourth-order valence-electron chi connectivity index (χ4n) is 4.39. The summed E-state index contributed by atoms with van der Waals surface area (Å²) >= 11 is 0. The van der Waals surface area contributed by atoms with Gasteiger partial charge in [0.25, 0.3) is 0 Å². The van der Waals surface area contributed by atoms with E-state index in [2.05, 4.69) is 84.4 Å². The molecule has 1 aliphatic rings. The third kappa shape index (κ3) is 1.64. The molecule has 0 saturated carbocycles. The van der Waals surface area contributed by atoms with E-state index in [1.54, 1.807) is 0 Å². The molecule has 1 aromatic heterocycles. The van der Waals surface area contributed by atoms with Crippen LogP contribution in [0.2, 0.25) is 0 Å². The summed E-state index contributed by atoms with van der Waals surface area (Å²) in [6, 6.07) is 28.1. The molecule has 0 radical (unpaired) electrons. The van der Waals surface area contributed by atoms with Crippen molar-refractivity contribution in [3.63, 3.8) is 0 Å². The minimum absolute atomic E-state index is 1.02. The Labute approximate surface area is 151 Å². The molecule has 0 aliphatic heterocycles. The van der Waals surface area contributed by atoms with E-state index in [4.69, 9.17) is 4.98 Å². The van der Waals surface area contributed by atoms with Gasteiger partial charge in [0, 0.05) is 12.6 Å². The highest BCUT2D eigenvalue weighted by atomic mass is 15.1. The van der Waals surface area contributed by atoms with Gasteiger partial charge in [-0.25, -0.2) is 4.98 Å². The highest BCUT2D eigenvalue weighted by molar-refractivity contribution is 6.18. The van der Waals surface area contributed by atoms with E-state index in [1.807, 2.05) is 6.07 Å². The maximum atomic E-state index is 4.92. The van der Waals surface area contributed by atoms with Crippen LogP contribution in [0.4, 0.5) is 0 Å². The van der Waals surface area contributed by atoms with Crippen molar-refractivity contribution in [2.24, 2.45) is 7.05 Å². The number of hydrogen-bond acceptors (Lipinski definition) is 1. The van der Waals surface area contributed by atoms with Crippen molar-refractivity contribution in [1.82, 2.24) is 9.55 Å². The maximum absolute atomic E-state index is 4.92. The van der Waals surface area contributed by atoms with Gasteiger partial charge < -0.3 is 4.57 Å². The second-order valence-corrected chi connectivity index (χ2v) is 6.92. The SMILES string of the molecule is Cn1c(-c2ccc3c4c(cccc24)-c2ccccc2-3)nc2ccccc21. The third-order valence-electron chi connectivity index (χ3n) is 5.58. The predicted octanol–water partition coefficient (Wildman–Crippen LogP) is 6.04. The van der Waals surface area contributed by atoms with Crippen molar-refractivity contribution < 1.29 is 0 Å². The van der Waals surface area contributed by atoms with Crippen molar-refractivity contribution >= 4 is 21.8 Å². The van der Waals surface area contributed by atoms with E-state index in [-0.39, 0.29) is 0 Å². The molecule has 122 valence electrons. The van der Waals surface area contributed by atoms with Crippen LogP contribution in [-0.4, -0.2) is 9.55 Å². The first-order valence-corrected chi connectivity index (χ1v) is 8.90. The molecule has 0 fully saturated rings. The highest BCUT2D eigenvalue weighted by Gasteiger charge is 2.23. The molecule has 2 heteroatoms. The first-order chi connectivity index (χ1) is 12.8. The first-order valence-electron chi connectivity index (χ1n) is 8.90. The Kier molecular flexibility index (Phi) is 2.57. The van der Waals surface area contributed by atoms with Gasteiger partial charge in [-0.2, -0.15) is 0 Å². The molecule has 1 aliphatic carbocycles. The van der Waals surface area contributed by atoms with Crippen LogP contribution in [0.3, 0.4) is 0 Å². The van der Waals surface area contributed by atoms with Crippen LogP contribution >= 0.6 is 0 Å². The highest BCUT2D eigenvalue weighted by Crippen LogP contribution is 2.49.